The second kappa shape index (κ2) is 10.5. The molecule has 0 aliphatic carbocycles. The van der Waals surface area contributed by atoms with Crippen LogP contribution in [0, 0.1) is 22.7 Å². The maximum absolute atomic E-state index is 9.41. The van der Waals surface area contributed by atoms with Gasteiger partial charge in [-0.2, -0.15) is 10.5 Å². The van der Waals surface area contributed by atoms with Gasteiger partial charge in [0.1, 0.15) is 11.8 Å². The number of hydrogen-bond acceptors (Lipinski definition) is 3. The van der Waals surface area contributed by atoms with Crippen LogP contribution in [0.5, 0.6) is 0 Å². The fourth-order valence-electron chi connectivity index (χ4n) is 3.12. The van der Waals surface area contributed by atoms with Gasteiger partial charge in [0.25, 0.3) is 0 Å². The zero-order valence-corrected chi connectivity index (χ0v) is 17.9. The van der Waals surface area contributed by atoms with Crippen molar-refractivity contribution in [2.24, 2.45) is 0 Å². The number of nitriles is 2. The lowest BCUT2D eigenvalue weighted by Gasteiger charge is -2.30. The Morgan fingerprint density at radius 3 is 2.71 bits per heavy atom. The summed E-state index contributed by atoms with van der Waals surface area (Å²) in [4.78, 5) is 2.01. The quantitative estimate of drug-likeness (QED) is 0.464. The van der Waals surface area contributed by atoms with Crippen LogP contribution in [0.2, 0.25) is 0 Å². The normalized spacial score (nSPS) is 19.5. The molecule has 0 amide bonds. The highest BCUT2D eigenvalue weighted by Crippen LogP contribution is 2.43. The monoisotopic (exact) mass is 387 g/mol. The Morgan fingerprint density at radius 2 is 2.04 bits per heavy atom. The maximum atomic E-state index is 9.41. The SMILES string of the molecule is C/C=C(/C#N)N1C=C(C2=C(c3cccc(C#N)c3)PCC=C2)C=CC1C.CC. The van der Waals surface area contributed by atoms with Crippen LogP contribution in [0.3, 0.4) is 0 Å². The van der Waals surface area contributed by atoms with Crippen LogP contribution in [0.25, 0.3) is 5.31 Å². The van der Waals surface area contributed by atoms with Crippen LogP contribution in [0.4, 0.5) is 0 Å². The Balaban J connectivity index is 0.00000136. The summed E-state index contributed by atoms with van der Waals surface area (Å²) in [6, 6.07) is 12.4. The van der Waals surface area contributed by atoms with Crippen LogP contribution < -0.4 is 0 Å². The predicted octanol–water partition coefficient (Wildman–Crippen LogP) is 6.12. The summed E-state index contributed by atoms with van der Waals surface area (Å²) in [5.41, 5.74) is 4.70. The molecule has 2 aliphatic heterocycles. The molecule has 2 atom stereocenters. The third kappa shape index (κ3) is 4.69. The minimum atomic E-state index is 0.144. The fraction of sp³-hybridized carbons (Fsp3) is 0.250. The second-order valence-corrected chi connectivity index (χ2v) is 7.40. The molecule has 0 radical (unpaired) electrons. The molecule has 3 rings (SSSR count). The summed E-state index contributed by atoms with van der Waals surface area (Å²) in [5, 5.41) is 19.9. The number of hydrogen-bond donors (Lipinski definition) is 0. The Kier molecular flexibility index (Phi) is 8.01. The van der Waals surface area contributed by atoms with Crippen LogP contribution in [0.1, 0.15) is 38.8 Å². The first-order chi connectivity index (χ1) is 13.7. The molecule has 0 saturated carbocycles. The Bertz CT molecular complexity index is 949. The molecule has 0 N–H and O–H groups in total. The number of nitrogens with zero attached hydrogens (tertiary/aromatic N) is 3. The number of benzene rings is 1. The van der Waals surface area contributed by atoms with Crippen molar-refractivity contribution in [2.45, 2.75) is 33.7 Å². The molecule has 0 spiro atoms. The summed E-state index contributed by atoms with van der Waals surface area (Å²) in [6.07, 6.45) is 13.5. The lowest BCUT2D eigenvalue weighted by molar-refractivity contribution is 0.422. The molecule has 2 aliphatic rings. The highest BCUT2D eigenvalue weighted by molar-refractivity contribution is 7.50. The van der Waals surface area contributed by atoms with Crippen molar-refractivity contribution in [2.75, 3.05) is 6.16 Å². The van der Waals surface area contributed by atoms with Gasteiger partial charge >= 0.3 is 0 Å². The van der Waals surface area contributed by atoms with E-state index < -0.39 is 0 Å². The Hall–Kier alpha value is -2.87. The van der Waals surface area contributed by atoms with E-state index in [2.05, 4.69) is 55.6 Å². The lowest BCUT2D eigenvalue weighted by atomic mass is 9.98. The van der Waals surface area contributed by atoms with Crippen molar-refractivity contribution in [3.05, 3.63) is 88.8 Å². The predicted molar refractivity (Wildman–Crippen MR) is 120 cm³/mol. The van der Waals surface area contributed by atoms with Crippen LogP contribution >= 0.6 is 8.58 Å². The van der Waals surface area contributed by atoms with Crippen molar-refractivity contribution in [3.8, 4) is 12.1 Å². The van der Waals surface area contributed by atoms with Crippen LogP contribution in [-0.4, -0.2) is 17.1 Å². The summed E-state index contributed by atoms with van der Waals surface area (Å²) in [7, 11) is 0.664. The smallest absolute Gasteiger partial charge is 0.117 e. The van der Waals surface area contributed by atoms with Gasteiger partial charge in [0, 0.05) is 12.2 Å². The van der Waals surface area contributed by atoms with E-state index >= 15 is 0 Å². The van der Waals surface area contributed by atoms with E-state index in [1.165, 1.54) is 10.9 Å². The molecule has 3 nitrogen and oxygen atoms in total. The largest absolute Gasteiger partial charge is 0.333 e. The first-order valence-electron chi connectivity index (χ1n) is 9.58. The summed E-state index contributed by atoms with van der Waals surface area (Å²) in [5.74, 6) is 0. The van der Waals surface area contributed by atoms with Gasteiger partial charge in [-0.25, -0.2) is 0 Å². The van der Waals surface area contributed by atoms with E-state index in [1.54, 1.807) is 0 Å². The van der Waals surface area contributed by atoms with Crippen molar-refractivity contribution in [3.63, 3.8) is 0 Å². The van der Waals surface area contributed by atoms with E-state index in [4.69, 9.17) is 0 Å². The van der Waals surface area contributed by atoms with Crippen molar-refractivity contribution in [1.82, 2.24) is 4.90 Å². The first kappa shape index (κ1) is 21.4. The lowest BCUT2D eigenvalue weighted by Crippen LogP contribution is -2.28. The van der Waals surface area contributed by atoms with Gasteiger partial charge in [0.05, 0.1) is 11.6 Å². The summed E-state index contributed by atoms with van der Waals surface area (Å²) >= 11 is 0. The molecular weight excluding hydrogens is 361 g/mol. The molecule has 0 saturated heterocycles. The minimum Gasteiger partial charge on any atom is -0.333 e. The zero-order chi connectivity index (χ0) is 20.5. The molecule has 1 aromatic carbocycles. The molecule has 142 valence electrons. The van der Waals surface area contributed by atoms with Gasteiger partial charge in [-0.05, 0) is 54.2 Å². The molecule has 0 fully saturated rings. The molecular formula is C24H26N3P. The fourth-order valence-corrected chi connectivity index (χ4v) is 4.34. The van der Waals surface area contributed by atoms with Crippen molar-refractivity contribution in [1.29, 1.82) is 10.5 Å². The van der Waals surface area contributed by atoms with Gasteiger partial charge in [0.15, 0.2) is 0 Å². The van der Waals surface area contributed by atoms with Gasteiger partial charge in [0.2, 0.25) is 0 Å². The Labute approximate surface area is 170 Å². The molecule has 1 aromatic rings. The highest BCUT2D eigenvalue weighted by Gasteiger charge is 2.20. The van der Waals surface area contributed by atoms with E-state index in [0.717, 1.165) is 17.3 Å². The number of rotatable bonds is 3. The van der Waals surface area contributed by atoms with Gasteiger partial charge < -0.3 is 4.90 Å². The van der Waals surface area contributed by atoms with E-state index in [0.29, 0.717) is 19.8 Å². The van der Waals surface area contributed by atoms with Crippen LogP contribution in [0.15, 0.2) is 77.7 Å². The second-order valence-electron chi connectivity index (χ2n) is 6.14. The molecule has 2 heterocycles. The highest BCUT2D eigenvalue weighted by atomic mass is 31.1. The van der Waals surface area contributed by atoms with E-state index in [-0.39, 0.29) is 6.04 Å². The van der Waals surface area contributed by atoms with E-state index in [9.17, 15) is 10.5 Å². The average Bonchev–Trinajstić information content (AvgIpc) is 2.77. The Morgan fingerprint density at radius 1 is 1.25 bits per heavy atom. The summed E-state index contributed by atoms with van der Waals surface area (Å²) < 4.78 is 0. The minimum absolute atomic E-state index is 0.144. The third-order valence-electron chi connectivity index (χ3n) is 4.48. The van der Waals surface area contributed by atoms with Gasteiger partial charge in [-0.15, -0.1) is 0 Å². The molecule has 28 heavy (non-hydrogen) atoms. The molecule has 0 bridgehead atoms. The zero-order valence-electron chi connectivity index (χ0n) is 16.9. The molecule has 2 unspecified atom stereocenters. The van der Waals surface area contributed by atoms with Gasteiger partial charge in [-0.3, -0.25) is 0 Å². The molecule has 4 heteroatoms. The standard InChI is InChI=1S/C22H20N3P.C2H6/c1-3-20(14-24)25-15-19(10-9-16(25)2)21-8-5-11-26-22(21)18-7-4-6-17(12-18)13-23;1-2/h3-10,12,15-16,26H,11H2,1-2H3;1-2H3/b20-3-;. The van der Waals surface area contributed by atoms with Crippen molar-refractivity contribution < 1.29 is 0 Å². The topological polar surface area (TPSA) is 50.8 Å². The summed E-state index contributed by atoms with van der Waals surface area (Å²) in [6.45, 7) is 7.96. The van der Waals surface area contributed by atoms with Crippen LogP contribution in [-0.2, 0) is 0 Å². The molecule has 0 aromatic heterocycles. The first-order valence-corrected chi connectivity index (χ1v) is 10.8. The average molecular weight is 387 g/mol. The third-order valence-corrected chi connectivity index (χ3v) is 5.83. The number of allylic oxidation sites excluding steroid dienone is 7. The van der Waals surface area contributed by atoms with Gasteiger partial charge in [-0.1, -0.05) is 64.9 Å². The maximum Gasteiger partial charge on any atom is 0.117 e. The van der Waals surface area contributed by atoms with Crippen molar-refractivity contribution >= 4 is 13.9 Å². The van der Waals surface area contributed by atoms with E-state index in [1.807, 2.05) is 49.9 Å².